The van der Waals surface area contributed by atoms with Crippen LogP contribution in [-0.4, -0.2) is 56.1 Å². The summed E-state index contributed by atoms with van der Waals surface area (Å²) in [4.78, 5) is 27.7. The van der Waals surface area contributed by atoms with Crippen LogP contribution in [0.15, 0.2) is 30.6 Å². The summed E-state index contributed by atoms with van der Waals surface area (Å²) in [6.07, 6.45) is -8.28. The van der Waals surface area contributed by atoms with Crippen molar-refractivity contribution in [3.63, 3.8) is 0 Å². The number of primary amides is 1. The van der Waals surface area contributed by atoms with Gasteiger partial charge in [-0.2, -0.15) is 26.3 Å². The van der Waals surface area contributed by atoms with Gasteiger partial charge in [-0.25, -0.2) is 9.78 Å². The lowest BCUT2D eigenvalue weighted by Crippen LogP contribution is -2.45. The smallest absolute Gasteiger partial charge is 0.475 e. The number of aliphatic carboxylic acids is 1. The number of benzene rings is 1. The van der Waals surface area contributed by atoms with Gasteiger partial charge in [-0.1, -0.05) is 12.1 Å². The highest BCUT2D eigenvalue weighted by Gasteiger charge is 2.54. The number of carbonyl (C=O) groups excluding carboxylic acids is 1. The van der Waals surface area contributed by atoms with Crippen LogP contribution in [0, 0.1) is 6.85 Å². The van der Waals surface area contributed by atoms with E-state index in [0.29, 0.717) is 0 Å². The van der Waals surface area contributed by atoms with Crippen molar-refractivity contribution in [2.24, 2.45) is 5.73 Å². The summed E-state index contributed by atoms with van der Waals surface area (Å²) < 4.78 is 94.1. The third kappa shape index (κ3) is 6.11. The van der Waals surface area contributed by atoms with E-state index in [-0.39, 0.29) is 22.5 Å². The Hall–Kier alpha value is -3.26. The van der Waals surface area contributed by atoms with Gasteiger partial charge in [0.15, 0.2) is 0 Å². The summed E-state index contributed by atoms with van der Waals surface area (Å²) >= 11 is 0. The fraction of sp³-hybridized carbons (Fsp3) is 0.294. The number of nitrogens with two attached hydrogens (primary N) is 1. The second-order valence-electron chi connectivity index (χ2n) is 5.73. The first kappa shape index (κ1) is 21.0. The number of carbonyl (C=O) groups is 2. The number of rotatable bonds is 4. The minimum Gasteiger partial charge on any atom is -0.475 e. The van der Waals surface area contributed by atoms with Crippen LogP contribution in [0.2, 0.25) is 0 Å². The van der Waals surface area contributed by atoms with Gasteiger partial charge < -0.3 is 21.1 Å². The average molecular weight is 458 g/mol. The Balaban J connectivity index is 0.000000718. The Labute approximate surface area is 174 Å². The number of aliphatic hydroxyl groups excluding tert-OH is 1. The lowest BCUT2D eigenvalue weighted by molar-refractivity contribution is -0.277. The molecule has 0 saturated carbocycles. The molecule has 1 heterocycles. The monoisotopic (exact) mass is 458 g/mol. The molecule has 0 fully saturated rings. The largest absolute Gasteiger partial charge is 0.490 e. The molecular weight excluding hydrogens is 440 g/mol. The summed E-state index contributed by atoms with van der Waals surface area (Å²) in [7, 11) is 0. The number of halogens is 6. The number of hydrogen-bond acceptors (Lipinski definition) is 6. The fourth-order valence-corrected chi connectivity index (χ4v) is 1.97. The third-order valence-electron chi connectivity index (χ3n) is 3.60. The first-order valence-corrected chi connectivity index (χ1v) is 7.73. The maximum atomic E-state index is 13.2. The van der Waals surface area contributed by atoms with Crippen LogP contribution >= 0.6 is 0 Å². The normalized spacial score (nSPS) is 15.4. The van der Waals surface area contributed by atoms with Gasteiger partial charge in [0.1, 0.15) is 5.69 Å². The molecule has 1 unspecified atom stereocenters. The van der Waals surface area contributed by atoms with E-state index in [1.807, 2.05) is 0 Å². The fourth-order valence-electron chi connectivity index (χ4n) is 1.97. The minimum atomic E-state index is -5.23. The maximum absolute atomic E-state index is 13.2. The number of hydrogen-bond donors (Lipinski definition) is 4. The Morgan fingerprint density at radius 1 is 1.16 bits per heavy atom. The quantitative estimate of drug-likeness (QED) is 0.512. The van der Waals surface area contributed by atoms with Gasteiger partial charge in [-0.3, -0.25) is 9.78 Å². The lowest BCUT2D eigenvalue weighted by Gasteiger charge is -2.29. The summed E-state index contributed by atoms with van der Waals surface area (Å²) in [5, 5.41) is 26.1. The second-order valence-corrected chi connectivity index (χ2v) is 5.73. The van der Waals surface area contributed by atoms with Gasteiger partial charge in [-0.05, 0) is 24.0 Å². The van der Waals surface area contributed by atoms with Gasteiger partial charge in [0.2, 0.25) is 5.60 Å². The van der Waals surface area contributed by atoms with Gasteiger partial charge in [0.05, 0.1) is 24.7 Å². The zero-order valence-electron chi connectivity index (χ0n) is 18.0. The van der Waals surface area contributed by atoms with E-state index in [4.69, 9.17) is 24.9 Å². The van der Waals surface area contributed by atoms with Crippen molar-refractivity contribution in [3.8, 4) is 11.3 Å². The molecule has 0 saturated heterocycles. The lowest BCUT2D eigenvalue weighted by atomic mass is 9.90. The molecule has 0 radical (unpaired) electrons. The number of aromatic nitrogens is 2. The molecule has 1 atom stereocenters. The molecule has 31 heavy (non-hydrogen) atoms. The summed E-state index contributed by atoms with van der Waals surface area (Å²) in [6, 6.07) is 2.35. The van der Waals surface area contributed by atoms with Crippen LogP contribution in [0.1, 0.15) is 25.7 Å². The van der Waals surface area contributed by atoms with Crippen molar-refractivity contribution in [2.45, 2.75) is 24.8 Å². The summed E-state index contributed by atoms with van der Waals surface area (Å²) in [6.45, 7) is -4.43. The van der Waals surface area contributed by atoms with Crippen LogP contribution in [0.5, 0.6) is 0 Å². The van der Waals surface area contributed by atoms with E-state index in [2.05, 4.69) is 9.97 Å². The molecule has 0 spiro atoms. The summed E-state index contributed by atoms with van der Waals surface area (Å²) in [5.41, 5.74) is -0.603. The molecule has 0 aliphatic rings. The zero-order chi connectivity index (χ0) is 26.7. The summed E-state index contributed by atoms with van der Waals surface area (Å²) in [5.74, 6) is -3.73. The Kier molecular flexibility index (Phi) is 6.27. The number of nitrogens with zero attached hydrogens (tertiary/aromatic N) is 2. The molecule has 0 aliphatic carbocycles. The van der Waals surface area contributed by atoms with Gasteiger partial charge in [0.25, 0.3) is 5.91 Å². The molecule has 1 aromatic carbocycles. The zero-order valence-corrected chi connectivity index (χ0v) is 15.0. The van der Waals surface area contributed by atoms with Crippen LogP contribution in [0.3, 0.4) is 0 Å². The topological polar surface area (TPSA) is 147 Å². The van der Waals surface area contributed by atoms with E-state index in [9.17, 15) is 36.2 Å². The van der Waals surface area contributed by atoms with Crippen molar-refractivity contribution in [2.75, 3.05) is 6.61 Å². The first-order chi connectivity index (χ1) is 15.3. The van der Waals surface area contributed by atoms with E-state index in [1.54, 1.807) is 0 Å². The number of amides is 1. The molecule has 14 heteroatoms. The minimum absolute atomic E-state index is 0.235. The molecule has 0 aliphatic heterocycles. The Bertz CT molecular complexity index is 1060. The number of alkyl halides is 6. The van der Waals surface area contributed by atoms with Crippen molar-refractivity contribution >= 4 is 11.9 Å². The Morgan fingerprint density at radius 2 is 1.74 bits per heavy atom. The number of aliphatic hydroxyl groups is 2. The highest BCUT2D eigenvalue weighted by Crippen LogP contribution is 2.40. The molecule has 0 bridgehead atoms. The SMILES string of the molecule is O=C(O)C(F)(F)F.[2H]C([2H])([2H])c1ccc(C(O)(CO)C(F)(F)F)cc1-c1cncc(C(N)=O)n1. The standard InChI is InChI=1S/C15H14F3N3O3.C2HF3O2/c1-8-2-3-9(14(24,7-22)15(16,17)18)4-10(8)11-5-20-6-12(21-11)13(19)23;3-2(4,5)1(6)7/h2-6,22,24H,7H2,1H3,(H2,19,23);(H,6,7)/i1D3;. The van der Waals surface area contributed by atoms with Crippen LogP contribution < -0.4 is 5.73 Å². The molecule has 2 rings (SSSR count). The van der Waals surface area contributed by atoms with Crippen molar-refractivity contribution in [3.05, 3.63) is 47.4 Å². The third-order valence-corrected chi connectivity index (χ3v) is 3.60. The highest BCUT2D eigenvalue weighted by atomic mass is 19.4. The highest BCUT2D eigenvalue weighted by molar-refractivity contribution is 5.91. The van der Waals surface area contributed by atoms with E-state index in [1.165, 1.54) is 0 Å². The molecule has 8 nitrogen and oxygen atoms in total. The van der Waals surface area contributed by atoms with Crippen molar-refractivity contribution in [1.29, 1.82) is 0 Å². The van der Waals surface area contributed by atoms with Crippen LogP contribution in [-0.2, 0) is 10.4 Å². The number of aryl methyl sites for hydroxylation is 1. The van der Waals surface area contributed by atoms with E-state index >= 15 is 0 Å². The number of carboxylic acids is 1. The van der Waals surface area contributed by atoms with Crippen molar-refractivity contribution < 1.29 is 55.4 Å². The molecular formula is C17H15F6N3O5. The first-order valence-electron chi connectivity index (χ1n) is 9.23. The molecule has 1 aromatic heterocycles. The van der Waals surface area contributed by atoms with Crippen molar-refractivity contribution in [1.82, 2.24) is 9.97 Å². The molecule has 170 valence electrons. The molecule has 2 aromatic rings. The van der Waals surface area contributed by atoms with Crippen LogP contribution in [0.25, 0.3) is 11.3 Å². The molecule has 5 N–H and O–H groups in total. The Morgan fingerprint density at radius 3 is 2.16 bits per heavy atom. The average Bonchev–Trinajstić information content (AvgIpc) is 2.71. The van der Waals surface area contributed by atoms with Gasteiger partial charge in [0, 0.05) is 9.68 Å². The van der Waals surface area contributed by atoms with Gasteiger partial charge in [-0.15, -0.1) is 0 Å². The van der Waals surface area contributed by atoms with E-state index in [0.717, 1.165) is 30.6 Å². The molecule has 1 amide bonds. The predicted octanol–water partition coefficient (Wildman–Crippen LogP) is 1.93. The predicted molar refractivity (Wildman–Crippen MR) is 91.5 cm³/mol. The second kappa shape index (κ2) is 9.26. The van der Waals surface area contributed by atoms with E-state index < -0.39 is 48.9 Å². The van der Waals surface area contributed by atoms with Crippen LogP contribution in [0.4, 0.5) is 26.3 Å². The number of carboxylic acid groups (broad SMARTS) is 1. The maximum Gasteiger partial charge on any atom is 0.490 e. The van der Waals surface area contributed by atoms with Gasteiger partial charge >= 0.3 is 18.3 Å².